The molecule has 0 aromatic rings. The first kappa shape index (κ1) is 8.10. The van der Waals surface area contributed by atoms with Gasteiger partial charge in [0.25, 0.3) is 0 Å². The van der Waals surface area contributed by atoms with E-state index in [4.69, 9.17) is 0 Å². The predicted octanol–water partition coefficient (Wildman–Crippen LogP) is 3.47. The second-order valence-electron chi connectivity index (χ2n) is 4.72. The zero-order chi connectivity index (χ0) is 7.78. The molecule has 0 bridgehead atoms. The van der Waals surface area contributed by atoms with E-state index in [0.717, 1.165) is 11.8 Å². The molecule has 0 unspecified atom stereocenters. The van der Waals surface area contributed by atoms with E-state index >= 15 is 0 Å². The van der Waals surface area contributed by atoms with E-state index in [2.05, 4.69) is 27.7 Å². The van der Waals surface area contributed by atoms with E-state index in [-0.39, 0.29) is 0 Å². The molecule has 60 valence electrons. The van der Waals surface area contributed by atoms with E-state index in [9.17, 15) is 0 Å². The van der Waals surface area contributed by atoms with Gasteiger partial charge < -0.3 is 0 Å². The zero-order valence-corrected chi connectivity index (χ0v) is 7.78. The van der Waals surface area contributed by atoms with Gasteiger partial charge in [0, 0.05) is 0 Å². The lowest BCUT2D eigenvalue weighted by molar-refractivity contribution is 0.204. The van der Waals surface area contributed by atoms with Crippen molar-refractivity contribution in [3.8, 4) is 0 Å². The molecule has 1 aliphatic carbocycles. The van der Waals surface area contributed by atoms with Crippen LogP contribution in [0.3, 0.4) is 0 Å². The Hall–Kier alpha value is 0. The largest absolute Gasteiger partial charge is 0.0651 e. The minimum absolute atomic E-state index is 0.552. The maximum Gasteiger partial charge on any atom is -0.0340 e. The quantitative estimate of drug-likeness (QED) is 0.551. The number of rotatable bonds is 2. The Morgan fingerprint density at radius 3 is 1.90 bits per heavy atom. The third-order valence-electron chi connectivity index (χ3n) is 2.74. The maximum atomic E-state index is 2.37. The van der Waals surface area contributed by atoms with E-state index in [1.54, 1.807) is 0 Å². The average Bonchev–Trinajstić information content (AvgIpc) is 2.46. The minimum atomic E-state index is 0.552. The molecular weight excluding hydrogens is 120 g/mol. The standard InChI is InChI=1S/C10H20/c1-5-9(8-6-7-8)10(2,3)4/h8-9H,5-7H2,1-4H3/t9-/m1/s1. The van der Waals surface area contributed by atoms with Gasteiger partial charge in [-0.3, -0.25) is 0 Å². The molecule has 0 aromatic carbocycles. The Kier molecular flexibility index (Phi) is 2.07. The van der Waals surface area contributed by atoms with Gasteiger partial charge in [0.1, 0.15) is 0 Å². The summed E-state index contributed by atoms with van der Waals surface area (Å²) in [6, 6.07) is 0. The highest BCUT2D eigenvalue weighted by Crippen LogP contribution is 2.46. The molecule has 0 heterocycles. The number of hydrogen-bond acceptors (Lipinski definition) is 0. The molecular formula is C10H20. The second kappa shape index (κ2) is 2.56. The van der Waals surface area contributed by atoms with Gasteiger partial charge in [0.2, 0.25) is 0 Å². The van der Waals surface area contributed by atoms with Crippen molar-refractivity contribution in [2.45, 2.75) is 47.0 Å². The van der Waals surface area contributed by atoms with E-state index < -0.39 is 0 Å². The monoisotopic (exact) mass is 140 g/mol. The summed E-state index contributed by atoms with van der Waals surface area (Å²) < 4.78 is 0. The average molecular weight is 140 g/mol. The molecule has 1 saturated carbocycles. The fourth-order valence-electron chi connectivity index (χ4n) is 2.15. The lowest BCUT2D eigenvalue weighted by Crippen LogP contribution is -2.21. The van der Waals surface area contributed by atoms with Gasteiger partial charge in [-0.25, -0.2) is 0 Å². The summed E-state index contributed by atoms with van der Waals surface area (Å²) in [5.41, 5.74) is 0.552. The molecule has 0 saturated heterocycles. The molecule has 0 amide bonds. The first-order valence-corrected chi connectivity index (χ1v) is 4.55. The van der Waals surface area contributed by atoms with Crippen LogP contribution in [0.2, 0.25) is 0 Å². The van der Waals surface area contributed by atoms with Crippen LogP contribution in [0, 0.1) is 17.3 Å². The molecule has 1 aliphatic rings. The molecule has 0 aliphatic heterocycles. The van der Waals surface area contributed by atoms with Crippen molar-refractivity contribution in [2.75, 3.05) is 0 Å². The molecule has 1 fully saturated rings. The molecule has 0 N–H and O–H groups in total. The third-order valence-corrected chi connectivity index (χ3v) is 2.74. The van der Waals surface area contributed by atoms with Crippen molar-refractivity contribution >= 4 is 0 Å². The fraction of sp³-hybridized carbons (Fsp3) is 1.00. The molecule has 0 aromatic heterocycles. The molecule has 10 heavy (non-hydrogen) atoms. The lowest BCUT2D eigenvalue weighted by Gasteiger charge is -2.29. The maximum absolute atomic E-state index is 2.37. The molecule has 1 atom stereocenters. The Labute approximate surface area is 65.0 Å². The second-order valence-corrected chi connectivity index (χ2v) is 4.72. The first-order chi connectivity index (χ1) is 4.55. The van der Waals surface area contributed by atoms with Crippen molar-refractivity contribution in [1.29, 1.82) is 0 Å². The van der Waals surface area contributed by atoms with Gasteiger partial charge in [0.05, 0.1) is 0 Å². The summed E-state index contributed by atoms with van der Waals surface area (Å²) in [5.74, 6) is 2.05. The molecule has 0 radical (unpaired) electrons. The van der Waals surface area contributed by atoms with E-state index in [1.165, 1.54) is 19.3 Å². The van der Waals surface area contributed by atoms with Crippen LogP contribution < -0.4 is 0 Å². The van der Waals surface area contributed by atoms with Crippen LogP contribution in [-0.4, -0.2) is 0 Å². The Morgan fingerprint density at radius 2 is 1.80 bits per heavy atom. The lowest BCUT2D eigenvalue weighted by atomic mass is 9.76. The predicted molar refractivity (Wildman–Crippen MR) is 46.0 cm³/mol. The van der Waals surface area contributed by atoms with Crippen LogP contribution in [0.25, 0.3) is 0 Å². The zero-order valence-electron chi connectivity index (χ0n) is 7.78. The molecule has 0 heteroatoms. The summed E-state index contributed by atoms with van der Waals surface area (Å²) in [7, 11) is 0. The van der Waals surface area contributed by atoms with Crippen LogP contribution in [-0.2, 0) is 0 Å². The Bertz CT molecular complexity index is 104. The number of hydrogen-bond donors (Lipinski definition) is 0. The van der Waals surface area contributed by atoms with Crippen molar-refractivity contribution in [2.24, 2.45) is 17.3 Å². The van der Waals surface area contributed by atoms with Crippen molar-refractivity contribution < 1.29 is 0 Å². The van der Waals surface area contributed by atoms with Gasteiger partial charge in [-0.05, 0) is 30.1 Å². The Balaban J connectivity index is 2.46. The van der Waals surface area contributed by atoms with Crippen LogP contribution in [0.1, 0.15) is 47.0 Å². The van der Waals surface area contributed by atoms with Crippen LogP contribution in [0.4, 0.5) is 0 Å². The summed E-state index contributed by atoms with van der Waals surface area (Å²) in [6.07, 6.45) is 4.36. The highest BCUT2D eigenvalue weighted by Gasteiger charge is 2.36. The van der Waals surface area contributed by atoms with Crippen molar-refractivity contribution in [3.05, 3.63) is 0 Å². The van der Waals surface area contributed by atoms with E-state index in [1.807, 2.05) is 0 Å². The van der Waals surface area contributed by atoms with Gasteiger partial charge in [-0.1, -0.05) is 34.1 Å². The third kappa shape index (κ3) is 1.74. The summed E-state index contributed by atoms with van der Waals surface area (Å²) >= 11 is 0. The summed E-state index contributed by atoms with van der Waals surface area (Å²) in [5, 5.41) is 0. The van der Waals surface area contributed by atoms with Crippen molar-refractivity contribution in [1.82, 2.24) is 0 Å². The topological polar surface area (TPSA) is 0 Å². The fourth-order valence-corrected chi connectivity index (χ4v) is 2.15. The van der Waals surface area contributed by atoms with Crippen LogP contribution in [0.5, 0.6) is 0 Å². The normalized spacial score (nSPS) is 22.8. The van der Waals surface area contributed by atoms with Crippen LogP contribution >= 0.6 is 0 Å². The van der Waals surface area contributed by atoms with Gasteiger partial charge in [0.15, 0.2) is 0 Å². The summed E-state index contributed by atoms with van der Waals surface area (Å²) in [4.78, 5) is 0. The highest BCUT2D eigenvalue weighted by molar-refractivity contribution is 4.87. The highest BCUT2D eigenvalue weighted by atomic mass is 14.4. The smallest absolute Gasteiger partial charge is 0.0340 e. The molecule has 0 nitrogen and oxygen atoms in total. The van der Waals surface area contributed by atoms with Crippen LogP contribution in [0.15, 0.2) is 0 Å². The summed E-state index contributed by atoms with van der Waals surface area (Å²) in [6.45, 7) is 9.45. The van der Waals surface area contributed by atoms with Gasteiger partial charge in [-0.2, -0.15) is 0 Å². The van der Waals surface area contributed by atoms with Crippen molar-refractivity contribution in [3.63, 3.8) is 0 Å². The SMILES string of the molecule is CC[C@H](C1CC1)C(C)(C)C. The van der Waals surface area contributed by atoms with Gasteiger partial charge in [-0.15, -0.1) is 0 Å². The Morgan fingerprint density at radius 1 is 1.30 bits per heavy atom. The minimum Gasteiger partial charge on any atom is -0.0651 e. The van der Waals surface area contributed by atoms with E-state index in [0.29, 0.717) is 5.41 Å². The van der Waals surface area contributed by atoms with Gasteiger partial charge >= 0.3 is 0 Å². The first-order valence-electron chi connectivity index (χ1n) is 4.55. The molecule has 1 rings (SSSR count). The molecule has 0 spiro atoms.